The normalized spacial score (nSPS) is 10.4. The van der Waals surface area contributed by atoms with Crippen molar-refractivity contribution >= 4 is 39.8 Å². The van der Waals surface area contributed by atoms with Crippen LogP contribution in [0.15, 0.2) is 108 Å². The van der Waals surface area contributed by atoms with E-state index in [9.17, 15) is 0 Å². The van der Waals surface area contributed by atoms with Gasteiger partial charge in [-0.05, 0) is 31.2 Å². The molecule has 0 saturated carbocycles. The number of nitrogens with zero attached hydrogens (tertiary/aromatic N) is 1. The number of benzene rings is 2. The average Bonchev–Trinajstić information content (AvgIpc) is 3.43. The van der Waals surface area contributed by atoms with Gasteiger partial charge in [-0.2, -0.15) is 29.8 Å². The fraction of sp³-hybridized carbons (Fsp3) is 0.154. The van der Waals surface area contributed by atoms with Gasteiger partial charge in [0, 0.05) is 0 Å². The van der Waals surface area contributed by atoms with Crippen LogP contribution in [0.5, 0.6) is 0 Å². The first-order valence-electron chi connectivity index (χ1n) is 9.82. The van der Waals surface area contributed by atoms with E-state index < -0.39 is 7.92 Å². The molecule has 4 rings (SSSR count). The van der Waals surface area contributed by atoms with Crippen molar-refractivity contribution in [3.05, 3.63) is 113 Å². The zero-order chi connectivity index (χ0) is 20.5. The topological polar surface area (TPSA) is 3.24 Å². The van der Waals surface area contributed by atoms with Crippen LogP contribution in [0.3, 0.4) is 0 Å². The molecule has 4 heteroatoms. The van der Waals surface area contributed by atoms with Crippen LogP contribution in [0.2, 0.25) is 0 Å². The van der Waals surface area contributed by atoms with Gasteiger partial charge in [-0.3, -0.25) is 0 Å². The average molecular weight is 520 g/mol. The van der Waals surface area contributed by atoms with E-state index in [0.29, 0.717) is 0 Å². The maximum absolute atomic E-state index is 3.89. The molecule has 0 aliphatic carbocycles. The van der Waals surface area contributed by atoms with Crippen LogP contribution in [-0.2, 0) is 23.5 Å². The van der Waals surface area contributed by atoms with Crippen molar-refractivity contribution in [2.75, 3.05) is 20.6 Å². The Balaban J connectivity index is 0.000000468. The number of rotatable bonds is 6. The van der Waals surface area contributed by atoms with Gasteiger partial charge >= 0.3 is 17.1 Å². The molecule has 0 radical (unpaired) electrons. The molecule has 0 aliphatic rings. The molecule has 0 bridgehead atoms. The fourth-order valence-corrected chi connectivity index (χ4v) is 6.46. The summed E-state index contributed by atoms with van der Waals surface area (Å²) in [5, 5.41) is 4.20. The van der Waals surface area contributed by atoms with Gasteiger partial charge in [0.25, 0.3) is 0 Å². The molecule has 0 heterocycles. The molecule has 0 amide bonds. The van der Waals surface area contributed by atoms with Crippen molar-refractivity contribution in [3.8, 4) is 0 Å². The number of likely N-dealkylation sites (N-methyl/N-ethyl adjacent to an activating group) is 1. The van der Waals surface area contributed by atoms with Crippen LogP contribution in [-0.4, -0.2) is 25.5 Å². The van der Waals surface area contributed by atoms with Crippen molar-refractivity contribution in [2.45, 2.75) is 6.42 Å². The number of hydrogen-bond acceptors (Lipinski definition) is 1. The third-order valence-electron chi connectivity index (χ3n) is 4.60. The molecule has 0 saturated heterocycles. The first-order chi connectivity index (χ1) is 14.2. The Morgan fingerprint density at radius 3 is 1.80 bits per heavy atom. The maximum Gasteiger partial charge on any atom is 2.00 e. The summed E-state index contributed by atoms with van der Waals surface area (Å²) in [4.78, 5) is 2.23. The van der Waals surface area contributed by atoms with E-state index in [-0.39, 0.29) is 17.1 Å². The minimum absolute atomic E-state index is 0. The second kappa shape index (κ2) is 13.1. The number of halogens is 1. The summed E-state index contributed by atoms with van der Waals surface area (Å²) in [7, 11) is 3.71. The summed E-state index contributed by atoms with van der Waals surface area (Å²) >= 11 is 3.89. The molecule has 0 fully saturated rings. The van der Waals surface area contributed by atoms with Crippen molar-refractivity contribution < 1.29 is 17.1 Å². The van der Waals surface area contributed by atoms with Crippen LogP contribution < -0.4 is 15.9 Å². The van der Waals surface area contributed by atoms with Gasteiger partial charge in [0.05, 0.1) is 0 Å². The smallest absolute Gasteiger partial charge is 0.310 e. The largest absolute Gasteiger partial charge is 2.00 e. The molecule has 1 nitrogen and oxygen atoms in total. The van der Waals surface area contributed by atoms with E-state index in [2.05, 4.69) is 108 Å². The predicted molar refractivity (Wildman–Crippen MR) is 133 cm³/mol. The summed E-state index contributed by atoms with van der Waals surface area (Å²) in [6, 6.07) is 36.3. The molecular weight excluding hydrogens is 493 g/mol. The van der Waals surface area contributed by atoms with Crippen molar-refractivity contribution in [3.63, 3.8) is 0 Å². The molecule has 0 atom stereocenters. The van der Waals surface area contributed by atoms with Crippen LogP contribution in [0, 0.1) is 0 Å². The Kier molecular flexibility index (Phi) is 10.8. The molecule has 4 aromatic carbocycles. The third kappa shape index (κ3) is 7.05. The third-order valence-corrected chi connectivity index (χ3v) is 8.33. The van der Waals surface area contributed by atoms with Gasteiger partial charge in [-0.1, -0.05) is 95.4 Å². The van der Waals surface area contributed by atoms with Crippen LogP contribution in [0.4, 0.5) is 0 Å². The fourth-order valence-electron chi connectivity index (χ4n) is 3.10. The first-order valence-corrected chi connectivity index (χ1v) is 12.0. The molecule has 0 aromatic heterocycles. The quantitative estimate of drug-likeness (QED) is 0.186. The molecule has 4 aromatic rings. The van der Waals surface area contributed by atoms with E-state index in [4.69, 9.17) is 0 Å². The van der Waals surface area contributed by atoms with Gasteiger partial charge in [0.2, 0.25) is 0 Å². The summed E-state index contributed by atoms with van der Waals surface area (Å²) in [5.74, 6) is 0. The molecule has 156 valence electrons. The SMILES string of the molecule is CN(C)CCc1cc[c-](P(c2ccccc2)c2ccccc2)c1Br.[Fe+2].c1cc[cH-]c1. The molecule has 0 N–H and O–H groups in total. The van der Waals surface area contributed by atoms with E-state index >= 15 is 0 Å². The first kappa shape index (κ1) is 24.8. The Hall–Kier alpha value is -1.47. The van der Waals surface area contributed by atoms with E-state index in [1.807, 2.05) is 30.3 Å². The molecular formula is C26H27BrFeNP. The molecule has 30 heavy (non-hydrogen) atoms. The minimum Gasteiger partial charge on any atom is -0.310 e. The van der Waals surface area contributed by atoms with E-state index in [1.165, 1.54) is 25.9 Å². The van der Waals surface area contributed by atoms with Crippen molar-refractivity contribution in [1.82, 2.24) is 4.90 Å². The molecule has 0 unspecified atom stereocenters. The summed E-state index contributed by atoms with van der Waals surface area (Å²) in [6.07, 6.45) is 1.07. The van der Waals surface area contributed by atoms with Gasteiger partial charge < -0.3 is 4.90 Å². The second-order valence-corrected chi connectivity index (χ2v) is 10.1. The van der Waals surface area contributed by atoms with Gasteiger partial charge in [-0.15, -0.1) is 5.30 Å². The van der Waals surface area contributed by atoms with Gasteiger partial charge in [-0.25, -0.2) is 18.2 Å². The van der Waals surface area contributed by atoms with Crippen molar-refractivity contribution in [1.29, 1.82) is 0 Å². The predicted octanol–water partition coefficient (Wildman–Crippen LogP) is 5.43. The molecule has 0 spiro atoms. The van der Waals surface area contributed by atoms with Crippen molar-refractivity contribution in [2.24, 2.45) is 0 Å². The zero-order valence-corrected chi connectivity index (χ0v) is 20.9. The van der Waals surface area contributed by atoms with Crippen LogP contribution >= 0.6 is 23.9 Å². The minimum atomic E-state index is -0.533. The summed E-state index contributed by atoms with van der Waals surface area (Å²) in [5.41, 5.74) is 1.40. The number of hydrogen-bond donors (Lipinski definition) is 0. The van der Waals surface area contributed by atoms with Crippen LogP contribution in [0.1, 0.15) is 5.56 Å². The van der Waals surface area contributed by atoms with Gasteiger partial charge in [0.1, 0.15) is 0 Å². The summed E-state index contributed by atoms with van der Waals surface area (Å²) < 4.78 is 1.28. The van der Waals surface area contributed by atoms with Crippen LogP contribution in [0.25, 0.3) is 0 Å². The Bertz CT molecular complexity index is 893. The van der Waals surface area contributed by atoms with E-state index in [0.717, 1.165) is 13.0 Å². The van der Waals surface area contributed by atoms with Gasteiger partial charge in [0.15, 0.2) is 0 Å². The molecule has 0 aliphatic heterocycles. The Morgan fingerprint density at radius 2 is 1.37 bits per heavy atom. The zero-order valence-electron chi connectivity index (χ0n) is 17.4. The maximum atomic E-state index is 3.89. The monoisotopic (exact) mass is 519 g/mol. The second-order valence-electron chi connectivity index (χ2n) is 7.08. The Labute approximate surface area is 201 Å². The van der Waals surface area contributed by atoms with E-state index in [1.54, 1.807) is 0 Å². The summed E-state index contributed by atoms with van der Waals surface area (Å²) in [6.45, 7) is 1.07. The standard InChI is InChI=1S/C21H22BrNP.C5H5.Fe/c1-23(2)16-15-17-13-14-20(21(17)22)24(18-9-5-3-6-10-18)19-11-7-4-8-12-19;1-2-4-5-3-1;/h3-14H,15-16H2,1-2H3;1-5H;/q2*-1;+2. The Morgan fingerprint density at radius 1 is 0.833 bits per heavy atom.